The van der Waals surface area contributed by atoms with Crippen molar-refractivity contribution >= 4 is 5.91 Å². The standard InChI is InChI=1S/C26H21F3N6O/c27-26(28,29)23(18-5-3-11-30-12-18)34-24(36)20-14-32-35(22(20)16-8-9-16)25-31-13-17-10-7-15-4-1-2-6-19(15)21(17)33-25/h1-6,11-14,16,23H,7-10H2,(H,34,36). The van der Waals surface area contributed by atoms with Gasteiger partial charge >= 0.3 is 6.18 Å². The Labute approximate surface area is 204 Å². The lowest BCUT2D eigenvalue weighted by molar-refractivity contribution is -0.155. The molecule has 3 aromatic heterocycles. The van der Waals surface area contributed by atoms with Gasteiger partial charge in [0.2, 0.25) is 0 Å². The molecule has 1 atom stereocenters. The molecule has 1 unspecified atom stereocenters. The lowest BCUT2D eigenvalue weighted by atomic mass is 9.90. The first-order valence-corrected chi connectivity index (χ1v) is 11.7. The number of halogens is 3. The van der Waals surface area contributed by atoms with Gasteiger partial charge in [-0.25, -0.2) is 14.6 Å². The van der Waals surface area contributed by atoms with Gasteiger partial charge in [0.15, 0.2) is 6.04 Å². The maximum absolute atomic E-state index is 13.8. The lowest BCUT2D eigenvalue weighted by Crippen LogP contribution is -2.38. The van der Waals surface area contributed by atoms with E-state index in [-0.39, 0.29) is 17.0 Å². The van der Waals surface area contributed by atoms with Crippen LogP contribution in [0.25, 0.3) is 17.2 Å². The number of fused-ring (bicyclic) bond motifs is 3. The van der Waals surface area contributed by atoms with Gasteiger partial charge in [0.1, 0.15) is 0 Å². The van der Waals surface area contributed by atoms with Crippen LogP contribution in [0.2, 0.25) is 0 Å². The molecule has 6 rings (SSSR count). The summed E-state index contributed by atoms with van der Waals surface area (Å²) in [6.07, 6.45) is 4.21. The number of hydrogen-bond acceptors (Lipinski definition) is 5. The summed E-state index contributed by atoms with van der Waals surface area (Å²) in [6, 6.07) is 8.55. The Morgan fingerprint density at radius 3 is 2.58 bits per heavy atom. The molecule has 1 amide bonds. The second-order valence-electron chi connectivity index (χ2n) is 9.07. The number of aryl methyl sites for hydroxylation is 2. The highest BCUT2D eigenvalue weighted by Gasteiger charge is 2.43. The second-order valence-corrected chi connectivity index (χ2v) is 9.07. The highest BCUT2D eigenvalue weighted by atomic mass is 19.4. The Morgan fingerprint density at radius 2 is 1.83 bits per heavy atom. The molecule has 36 heavy (non-hydrogen) atoms. The van der Waals surface area contributed by atoms with Crippen molar-refractivity contribution in [3.63, 3.8) is 0 Å². The fourth-order valence-electron chi connectivity index (χ4n) is 4.71. The lowest BCUT2D eigenvalue weighted by Gasteiger charge is -2.22. The molecular formula is C26H21F3N6O. The molecule has 182 valence electrons. The minimum Gasteiger partial charge on any atom is -0.337 e. The van der Waals surface area contributed by atoms with Crippen molar-refractivity contribution in [3.8, 4) is 17.2 Å². The van der Waals surface area contributed by atoms with E-state index in [9.17, 15) is 18.0 Å². The summed E-state index contributed by atoms with van der Waals surface area (Å²) in [6.45, 7) is 0. The molecule has 2 aliphatic rings. The van der Waals surface area contributed by atoms with Crippen LogP contribution >= 0.6 is 0 Å². The van der Waals surface area contributed by atoms with Gasteiger partial charge in [-0.1, -0.05) is 30.3 Å². The van der Waals surface area contributed by atoms with Crippen molar-refractivity contribution in [2.75, 3.05) is 0 Å². The van der Waals surface area contributed by atoms with E-state index in [0.29, 0.717) is 11.6 Å². The molecule has 7 nitrogen and oxygen atoms in total. The third kappa shape index (κ3) is 4.02. The van der Waals surface area contributed by atoms with E-state index in [0.717, 1.165) is 48.7 Å². The summed E-state index contributed by atoms with van der Waals surface area (Å²) in [5.41, 5.74) is 4.56. The van der Waals surface area contributed by atoms with Gasteiger partial charge in [-0.05, 0) is 42.9 Å². The minimum absolute atomic E-state index is 0.00268. The molecule has 0 spiro atoms. The van der Waals surface area contributed by atoms with Crippen LogP contribution in [0.1, 0.15) is 57.5 Å². The number of amides is 1. The normalized spacial score (nSPS) is 15.6. The molecule has 2 aliphatic carbocycles. The monoisotopic (exact) mass is 490 g/mol. The number of alkyl halides is 3. The SMILES string of the molecule is O=C(NC(c1cccnc1)C(F)(F)F)c1cnn(-c2ncc3c(n2)-c2ccccc2CC3)c1C1CC1. The van der Waals surface area contributed by atoms with Gasteiger partial charge in [-0.2, -0.15) is 18.3 Å². The number of hydrogen-bond donors (Lipinski definition) is 1. The zero-order chi connectivity index (χ0) is 24.9. The summed E-state index contributed by atoms with van der Waals surface area (Å²) < 4.78 is 43.0. The first kappa shape index (κ1) is 22.4. The zero-order valence-electron chi connectivity index (χ0n) is 19.0. The Hall–Kier alpha value is -4.08. The molecule has 0 bridgehead atoms. The van der Waals surface area contributed by atoms with Crippen molar-refractivity contribution < 1.29 is 18.0 Å². The maximum Gasteiger partial charge on any atom is 0.412 e. The zero-order valence-corrected chi connectivity index (χ0v) is 19.0. The summed E-state index contributed by atoms with van der Waals surface area (Å²) >= 11 is 0. The first-order chi connectivity index (χ1) is 17.4. The summed E-state index contributed by atoms with van der Waals surface area (Å²) in [7, 11) is 0. The van der Waals surface area contributed by atoms with E-state index in [4.69, 9.17) is 4.98 Å². The van der Waals surface area contributed by atoms with Crippen molar-refractivity contribution in [2.24, 2.45) is 0 Å². The molecule has 10 heteroatoms. The first-order valence-electron chi connectivity index (χ1n) is 11.7. The quantitative estimate of drug-likeness (QED) is 0.437. The third-order valence-corrected chi connectivity index (χ3v) is 6.61. The number of rotatable bonds is 5. The molecule has 3 heterocycles. The molecule has 1 saturated carbocycles. The minimum atomic E-state index is -4.69. The average Bonchev–Trinajstić information content (AvgIpc) is 3.64. The molecule has 1 fully saturated rings. The van der Waals surface area contributed by atoms with Crippen LogP contribution in [0.3, 0.4) is 0 Å². The van der Waals surface area contributed by atoms with Crippen LogP contribution < -0.4 is 5.32 Å². The largest absolute Gasteiger partial charge is 0.412 e. The van der Waals surface area contributed by atoms with Crippen molar-refractivity contribution in [1.29, 1.82) is 0 Å². The molecule has 0 radical (unpaired) electrons. The van der Waals surface area contributed by atoms with Crippen LogP contribution in [-0.2, 0) is 12.8 Å². The molecular weight excluding hydrogens is 469 g/mol. The summed E-state index contributed by atoms with van der Waals surface area (Å²) in [5, 5.41) is 6.50. The van der Waals surface area contributed by atoms with E-state index < -0.39 is 18.1 Å². The van der Waals surface area contributed by atoms with Crippen molar-refractivity contribution in [3.05, 3.63) is 89.1 Å². The van der Waals surface area contributed by atoms with Gasteiger partial charge in [0.25, 0.3) is 11.9 Å². The van der Waals surface area contributed by atoms with Gasteiger partial charge in [0, 0.05) is 35.6 Å². The Morgan fingerprint density at radius 1 is 1.03 bits per heavy atom. The molecule has 1 aromatic carbocycles. The topological polar surface area (TPSA) is 85.6 Å². The van der Waals surface area contributed by atoms with Crippen LogP contribution in [0.5, 0.6) is 0 Å². The fraction of sp³-hybridized carbons (Fsp3) is 0.269. The summed E-state index contributed by atoms with van der Waals surface area (Å²) in [4.78, 5) is 26.2. The van der Waals surface area contributed by atoms with Gasteiger partial charge in [-0.3, -0.25) is 9.78 Å². The highest BCUT2D eigenvalue weighted by Crippen LogP contribution is 2.43. The van der Waals surface area contributed by atoms with Gasteiger partial charge in [-0.15, -0.1) is 0 Å². The third-order valence-electron chi connectivity index (χ3n) is 6.61. The fourth-order valence-corrected chi connectivity index (χ4v) is 4.71. The number of carbonyl (C=O) groups excluding carboxylic acids is 1. The molecule has 0 saturated heterocycles. The van der Waals surface area contributed by atoms with E-state index in [1.807, 2.05) is 18.2 Å². The number of carbonyl (C=O) groups is 1. The summed E-state index contributed by atoms with van der Waals surface area (Å²) in [5.74, 6) is -0.549. The number of nitrogens with zero attached hydrogens (tertiary/aromatic N) is 5. The number of pyridine rings is 1. The predicted molar refractivity (Wildman–Crippen MR) is 124 cm³/mol. The van der Waals surface area contributed by atoms with E-state index in [1.165, 1.54) is 34.8 Å². The van der Waals surface area contributed by atoms with Crippen LogP contribution in [-0.4, -0.2) is 36.8 Å². The predicted octanol–water partition coefficient (Wildman–Crippen LogP) is 4.73. The Bertz CT molecular complexity index is 1450. The second kappa shape index (κ2) is 8.54. The van der Waals surface area contributed by atoms with E-state index in [1.54, 1.807) is 6.20 Å². The smallest absolute Gasteiger partial charge is 0.337 e. The average molecular weight is 490 g/mol. The Balaban J connectivity index is 1.37. The van der Waals surface area contributed by atoms with E-state index in [2.05, 4.69) is 26.4 Å². The maximum atomic E-state index is 13.8. The highest BCUT2D eigenvalue weighted by molar-refractivity contribution is 5.96. The number of aromatic nitrogens is 5. The van der Waals surface area contributed by atoms with Crippen LogP contribution in [0.15, 0.2) is 61.2 Å². The Kier molecular flexibility index (Phi) is 5.31. The van der Waals surface area contributed by atoms with Crippen molar-refractivity contribution in [1.82, 2.24) is 30.0 Å². The number of benzene rings is 1. The van der Waals surface area contributed by atoms with Gasteiger partial charge in [0.05, 0.1) is 23.1 Å². The van der Waals surface area contributed by atoms with Gasteiger partial charge < -0.3 is 5.32 Å². The molecule has 0 aliphatic heterocycles. The molecule has 4 aromatic rings. The van der Waals surface area contributed by atoms with E-state index >= 15 is 0 Å². The molecule has 1 N–H and O–H groups in total. The van der Waals surface area contributed by atoms with Crippen molar-refractivity contribution in [2.45, 2.75) is 43.8 Å². The number of nitrogens with one attached hydrogen (secondary N) is 1. The van der Waals surface area contributed by atoms with Crippen LogP contribution in [0.4, 0.5) is 13.2 Å². The van der Waals surface area contributed by atoms with Crippen LogP contribution in [0, 0.1) is 0 Å².